The molecule has 1 atom stereocenters. The Morgan fingerprint density at radius 3 is 2.55 bits per heavy atom. The lowest BCUT2D eigenvalue weighted by Crippen LogP contribution is -2.39. The Kier molecular flexibility index (Phi) is 4.19. The second kappa shape index (κ2) is 6.44. The standard InChI is InChI=1S/C17H19NO2/c1-2-6-14(7-3-1)10-11-18-12-15-13-19-16-8-4-5-9-17(16)20-15/h1-9,15,18H,10-13H2. The van der Waals surface area contributed by atoms with Crippen LogP contribution in [0.1, 0.15) is 5.56 Å². The van der Waals surface area contributed by atoms with E-state index < -0.39 is 0 Å². The molecule has 0 amide bonds. The van der Waals surface area contributed by atoms with Gasteiger partial charge < -0.3 is 14.8 Å². The van der Waals surface area contributed by atoms with Crippen molar-refractivity contribution in [3.8, 4) is 11.5 Å². The minimum Gasteiger partial charge on any atom is -0.486 e. The molecule has 1 aliphatic heterocycles. The van der Waals surface area contributed by atoms with E-state index in [1.54, 1.807) is 0 Å². The predicted molar refractivity (Wildman–Crippen MR) is 79.4 cm³/mol. The molecule has 2 aromatic rings. The maximum Gasteiger partial charge on any atom is 0.161 e. The molecule has 3 nitrogen and oxygen atoms in total. The highest BCUT2D eigenvalue weighted by atomic mass is 16.6. The smallest absolute Gasteiger partial charge is 0.161 e. The van der Waals surface area contributed by atoms with Crippen molar-refractivity contribution in [2.24, 2.45) is 0 Å². The van der Waals surface area contributed by atoms with E-state index in [-0.39, 0.29) is 6.10 Å². The van der Waals surface area contributed by atoms with E-state index in [9.17, 15) is 0 Å². The summed E-state index contributed by atoms with van der Waals surface area (Å²) in [4.78, 5) is 0. The first kappa shape index (κ1) is 13.0. The van der Waals surface area contributed by atoms with Crippen molar-refractivity contribution in [3.05, 3.63) is 60.2 Å². The summed E-state index contributed by atoms with van der Waals surface area (Å²) >= 11 is 0. The zero-order valence-electron chi connectivity index (χ0n) is 11.4. The molecule has 1 aliphatic rings. The van der Waals surface area contributed by atoms with Crippen LogP contribution >= 0.6 is 0 Å². The third-order valence-electron chi connectivity index (χ3n) is 3.37. The van der Waals surface area contributed by atoms with Gasteiger partial charge in [-0.3, -0.25) is 0 Å². The lowest BCUT2D eigenvalue weighted by atomic mass is 10.1. The van der Waals surface area contributed by atoms with Crippen LogP contribution in [-0.4, -0.2) is 25.8 Å². The van der Waals surface area contributed by atoms with E-state index in [1.807, 2.05) is 30.3 Å². The first-order valence-corrected chi connectivity index (χ1v) is 7.05. The van der Waals surface area contributed by atoms with Gasteiger partial charge in [-0.2, -0.15) is 0 Å². The molecule has 0 bridgehead atoms. The second-order valence-electron chi connectivity index (χ2n) is 4.94. The van der Waals surface area contributed by atoms with Crippen LogP contribution in [0, 0.1) is 0 Å². The Morgan fingerprint density at radius 2 is 1.70 bits per heavy atom. The number of fused-ring (bicyclic) bond motifs is 1. The highest BCUT2D eigenvalue weighted by molar-refractivity contribution is 5.40. The molecule has 0 saturated carbocycles. The fourth-order valence-corrected chi connectivity index (χ4v) is 2.30. The fraction of sp³-hybridized carbons (Fsp3) is 0.294. The zero-order valence-corrected chi connectivity index (χ0v) is 11.4. The number of hydrogen-bond acceptors (Lipinski definition) is 3. The topological polar surface area (TPSA) is 30.5 Å². The molecule has 3 heteroatoms. The van der Waals surface area contributed by atoms with Crippen molar-refractivity contribution in [2.75, 3.05) is 19.7 Å². The van der Waals surface area contributed by atoms with Crippen LogP contribution in [0.2, 0.25) is 0 Å². The summed E-state index contributed by atoms with van der Waals surface area (Å²) in [5.74, 6) is 1.68. The van der Waals surface area contributed by atoms with Gasteiger partial charge in [0.05, 0.1) is 0 Å². The van der Waals surface area contributed by atoms with Gasteiger partial charge >= 0.3 is 0 Å². The molecule has 3 rings (SSSR count). The highest BCUT2D eigenvalue weighted by Gasteiger charge is 2.19. The van der Waals surface area contributed by atoms with Gasteiger partial charge in [-0.05, 0) is 30.7 Å². The van der Waals surface area contributed by atoms with E-state index in [2.05, 4.69) is 29.6 Å². The van der Waals surface area contributed by atoms with Gasteiger partial charge in [0, 0.05) is 6.54 Å². The third kappa shape index (κ3) is 3.31. The molecule has 1 N–H and O–H groups in total. The molecule has 0 aromatic heterocycles. The zero-order chi connectivity index (χ0) is 13.6. The van der Waals surface area contributed by atoms with Crippen LogP contribution in [0.4, 0.5) is 0 Å². The lowest BCUT2D eigenvalue weighted by molar-refractivity contribution is 0.0906. The quantitative estimate of drug-likeness (QED) is 0.847. The van der Waals surface area contributed by atoms with Gasteiger partial charge in [0.25, 0.3) is 0 Å². The molecular formula is C17H19NO2. The number of nitrogens with one attached hydrogen (secondary N) is 1. The Hall–Kier alpha value is -2.00. The van der Waals surface area contributed by atoms with Crippen molar-refractivity contribution >= 4 is 0 Å². The molecule has 20 heavy (non-hydrogen) atoms. The summed E-state index contributed by atoms with van der Waals surface area (Å²) in [5.41, 5.74) is 1.35. The van der Waals surface area contributed by atoms with Crippen LogP contribution in [0.3, 0.4) is 0 Å². The Morgan fingerprint density at radius 1 is 0.950 bits per heavy atom. The van der Waals surface area contributed by atoms with Crippen LogP contribution in [0.15, 0.2) is 54.6 Å². The van der Waals surface area contributed by atoms with Crippen molar-refractivity contribution in [3.63, 3.8) is 0 Å². The van der Waals surface area contributed by atoms with Crippen LogP contribution in [0.5, 0.6) is 11.5 Å². The van der Waals surface area contributed by atoms with Crippen molar-refractivity contribution in [1.82, 2.24) is 5.32 Å². The van der Waals surface area contributed by atoms with Crippen LogP contribution in [-0.2, 0) is 6.42 Å². The molecule has 1 unspecified atom stereocenters. The maximum atomic E-state index is 5.90. The summed E-state index contributed by atoms with van der Waals surface area (Å²) in [6.07, 6.45) is 1.12. The average molecular weight is 269 g/mol. The van der Waals surface area contributed by atoms with Crippen molar-refractivity contribution in [2.45, 2.75) is 12.5 Å². The molecule has 0 radical (unpaired) electrons. The van der Waals surface area contributed by atoms with E-state index in [0.29, 0.717) is 6.61 Å². The molecule has 1 heterocycles. The Labute approximate surface area is 119 Å². The van der Waals surface area contributed by atoms with Gasteiger partial charge in [-0.15, -0.1) is 0 Å². The molecule has 104 valence electrons. The SMILES string of the molecule is c1ccc(CCNCC2COc3ccccc3O2)cc1. The van der Waals surface area contributed by atoms with Gasteiger partial charge in [0.2, 0.25) is 0 Å². The van der Waals surface area contributed by atoms with E-state index in [0.717, 1.165) is 31.0 Å². The van der Waals surface area contributed by atoms with E-state index >= 15 is 0 Å². The van der Waals surface area contributed by atoms with Crippen LogP contribution in [0.25, 0.3) is 0 Å². The molecule has 0 saturated heterocycles. The van der Waals surface area contributed by atoms with Crippen molar-refractivity contribution < 1.29 is 9.47 Å². The monoisotopic (exact) mass is 269 g/mol. The van der Waals surface area contributed by atoms with E-state index in [1.165, 1.54) is 5.56 Å². The first-order valence-electron chi connectivity index (χ1n) is 7.05. The van der Waals surface area contributed by atoms with Crippen LogP contribution < -0.4 is 14.8 Å². The number of hydrogen-bond donors (Lipinski definition) is 1. The number of benzene rings is 2. The third-order valence-corrected chi connectivity index (χ3v) is 3.37. The Balaban J connectivity index is 1.42. The summed E-state index contributed by atoms with van der Waals surface area (Å²) in [7, 11) is 0. The minimum atomic E-state index is 0.0840. The summed E-state index contributed by atoms with van der Waals surface area (Å²) in [6.45, 7) is 2.36. The number of ether oxygens (including phenoxy) is 2. The van der Waals surface area contributed by atoms with E-state index in [4.69, 9.17) is 9.47 Å². The highest BCUT2D eigenvalue weighted by Crippen LogP contribution is 2.30. The largest absolute Gasteiger partial charge is 0.486 e. The molecule has 0 aliphatic carbocycles. The summed E-state index contributed by atoms with van der Waals surface area (Å²) < 4.78 is 11.6. The molecule has 0 fully saturated rings. The molecule has 2 aromatic carbocycles. The average Bonchev–Trinajstić information content (AvgIpc) is 2.52. The lowest BCUT2D eigenvalue weighted by Gasteiger charge is -2.26. The maximum absolute atomic E-state index is 5.90. The van der Waals surface area contributed by atoms with Gasteiger partial charge in [0.15, 0.2) is 11.5 Å². The normalized spacial score (nSPS) is 16.9. The Bertz CT molecular complexity index is 542. The molecular weight excluding hydrogens is 250 g/mol. The van der Waals surface area contributed by atoms with Gasteiger partial charge in [0.1, 0.15) is 12.7 Å². The number of para-hydroxylation sites is 2. The first-order chi connectivity index (χ1) is 9.92. The second-order valence-corrected chi connectivity index (χ2v) is 4.94. The van der Waals surface area contributed by atoms with Crippen molar-refractivity contribution in [1.29, 1.82) is 0 Å². The summed E-state index contributed by atoms with van der Waals surface area (Å²) in [5, 5.41) is 3.43. The summed E-state index contributed by atoms with van der Waals surface area (Å²) in [6, 6.07) is 18.3. The molecule has 0 spiro atoms. The van der Waals surface area contributed by atoms with Gasteiger partial charge in [-0.1, -0.05) is 42.5 Å². The fourth-order valence-electron chi connectivity index (χ4n) is 2.30. The van der Waals surface area contributed by atoms with Gasteiger partial charge in [-0.25, -0.2) is 0 Å². The number of rotatable bonds is 5. The minimum absolute atomic E-state index is 0.0840. The predicted octanol–water partition coefficient (Wildman–Crippen LogP) is 2.66.